The molecule has 1 amide bonds. The third-order valence-electron chi connectivity index (χ3n) is 6.32. The lowest BCUT2D eigenvalue weighted by atomic mass is 9.89. The number of hydrogen-bond donors (Lipinski definition) is 1. The number of anilines is 2. The van der Waals surface area contributed by atoms with Crippen LogP contribution in [0.15, 0.2) is 55.0 Å². The lowest BCUT2D eigenvalue weighted by Crippen LogP contribution is -2.29. The summed E-state index contributed by atoms with van der Waals surface area (Å²) < 4.78 is 5.31. The molecule has 0 bridgehead atoms. The van der Waals surface area contributed by atoms with Crippen molar-refractivity contribution in [2.75, 3.05) is 32.6 Å². The van der Waals surface area contributed by atoms with E-state index >= 15 is 0 Å². The largest absolute Gasteiger partial charge is 0.495 e. The van der Waals surface area contributed by atoms with Crippen LogP contribution in [0.5, 0.6) is 5.75 Å². The van der Waals surface area contributed by atoms with Gasteiger partial charge in [0.2, 0.25) is 0 Å². The van der Waals surface area contributed by atoms with E-state index in [1.54, 1.807) is 19.5 Å². The molecule has 1 aromatic carbocycles. The lowest BCUT2D eigenvalue weighted by Gasteiger charge is -2.29. The van der Waals surface area contributed by atoms with Crippen LogP contribution < -0.4 is 15.4 Å². The Balaban J connectivity index is 1.47. The molecule has 5 rings (SSSR count). The van der Waals surface area contributed by atoms with Gasteiger partial charge in [0.15, 0.2) is 0 Å². The van der Waals surface area contributed by atoms with Gasteiger partial charge in [-0.3, -0.25) is 9.78 Å². The molecule has 1 N–H and O–H groups in total. The van der Waals surface area contributed by atoms with Crippen LogP contribution in [0.25, 0.3) is 17.3 Å². The molecule has 167 valence electrons. The number of ether oxygens (including phenoxy) is 1. The van der Waals surface area contributed by atoms with Gasteiger partial charge >= 0.3 is 0 Å². The number of amides is 1. The zero-order valence-electron chi connectivity index (χ0n) is 18.8. The van der Waals surface area contributed by atoms with E-state index in [-0.39, 0.29) is 5.91 Å². The van der Waals surface area contributed by atoms with E-state index in [9.17, 15) is 4.79 Å². The molecular formula is C26H26N5O2. The first-order chi connectivity index (χ1) is 16.1. The molecule has 0 spiro atoms. The molecule has 3 aromatic rings. The van der Waals surface area contributed by atoms with E-state index < -0.39 is 0 Å². The Bertz CT molecular complexity index is 1200. The Morgan fingerprint density at radius 2 is 1.88 bits per heavy atom. The molecule has 7 heteroatoms. The molecule has 0 atom stereocenters. The highest BCUT2D eigenvalue weighted by Crippen LogP contribution is 2.32. The fourth-order valence-corrected chi connectivity index (χ4v) is 4.40. The Morgan fingerprint density at radius 3 is 2.64 bits per heavy atom. The van der Waals surface area contributed by atoms with Crippen molar-refractivity contribution in [3.8, 4) is 17.0 Å². The number of carbonyl (C=O) groups is 1. The highest BCUT2D eigenvalue weighted by Gasteiger charge is 2.23. The molecule has 2 aromatic heterocycles. The zero-order valence-corrected chi connectivity index (χ0v) is 18.8. The maximum absolute atomic E-state index is 12.6. The average molecular weight is 441 g/mol. The molecule has 7 nitrogen and oxygen atoms in total. The lowest BCUT2D eigenvalue weighted by molar-refractivity contribution is 0.0965. The van der Waals surface area contributed by atoms with Gasteiger partial charge in [0.05, 0.1) is 24.6 Å². The summed E-state index contributed by atoms with van der Waals surface area (Å²) >= 11 is 0. The first-order valence-electron chi connectivity index (χ1n) is 11.1. The van der Waals surface area contributed by atoms with Crippen LogP contribution in [0.2, 0.25) is 0 Å². The Kier molecular flexibility index (Phi) is 5.79. The van der Waals surface area contributed by atoms with Crippen LogP contribution in [0.1, 0.15) is 40.2 Å². The summed E-state index contributed by atoms with van der Waals surface area (Å²) in [4.78, 5) is 24.0. The molecule has 1 radical (unpaired) electrons. The van der Waals surface area contributed by atoms with E-state index in [0.29, 0.717) is 28.7 Å². The Morgan fingerprint density at radius 1 is 1.09 bits per heavy atom. The number of methoxy groups -OCH3 is 1. The number of aromatic nitrogens is 2. The second-order valence-electron chi connectivity index (χ2n) is 8.51. The van der Waals surface area contributed by atoms with Crippen LogP contribution in [0.4, 0.5) is 11.5 Å². The van der Waals surface area contributed by atoms with Crippen LogP contribution in [0, 0.1) is 0 Å². The fraction of sp³-hybridized carbons (Fsp3) is 0.269. The van der Waals surface area contributed by atoms with Crippen molar-refractivity contribution in [2.45, 2.75) is 18.8 Å². The van der Waals surface area contributed by atoms with Gasteiger partial charge in [0.1, 0.15) is 11.6 Å². The summed E-state index contributed by atoms with van der Waals surface area (Å²) in [6.45, 7) is 2.26. The number of nitrogens with zero attached hydrogens (tertiary/aromatic N) is 4. The maximum atomic E-state index is 12.6. The van der Waals surface area contributed by atoms with Crippen molar-refractivity contribution < 1.29 is 9.53 Å². The van der Waals surface area contributed by atoms with Gasteiger partial charge in [0, 0.05) is 23.6 Å². The van der Waals surface area contributed by atoms with E-state index in [0.717, 1.165) is 29.9 Å². The smallest absolute Gasteiger partial charge is 0.281 e. The molecule has 4 heterocycles. The van der Waals surface area contributed by atoms with Crippen LogP contribution in [-0.2, 0) is 0 Å². The minimum Gasteiger partial charge on any atom is -0.495 e. The molecule has 0 unspecified atom stereocenters. The predicted molar refractivity (Wildman–Crippen MR) is 129 cm³/mol. The number of likely N-dealkylation sites (tertiary alicyclic amines) is 1. The first-order valence-corrected chi connectivity index (χ1v) is 11.1. The van der Waals surface area contributed by atoms with Crippen LogP contribution in [-0.4, -0.2) is 48.0 Å². The number of piperidine rings is 1. The van der Waals surface area contributed by atoms with Crippen molar-refractivity contribution in [3.05, 3.63) is 71.7 Å². The number of fused-ring (bicyclic) bond motifs is 1. The zero-order chi connectivity index (χ0) is 22.8. The number of hydrogen-bond acceptors (Lipinski definition) is 6. The summed E-state index contributed by atoms with van der Waals surface area (Å²) in [5, 5.41) is 7.30. The topological polar surface area (TPSA) is 81.4 Å². The number of benzene rings is 1. The van der Waals surface area contributed by atoms with Crippen molar-refractivity contribution in [1.29, 1.82) is 0 Å². The number of pyridine rings is 2. The maximum Gasteiger partial charge on any atom is 0.281 e. The third-order valence-corrected chi connectivity index (χ3v) is 6.32. The summed E-state index contributed by atoms with van der Waals surface area (Å²) in [6.07, 6.45) is 9.09. The van der Waals surface area contributed by atoms with Crippen molar-refractivity contribution in [1.82, 2.24) is 20.2 Å². The summed E-state index contributed by atoms with van der Waals surface area (Å²) in [5.74, 6) is 1.42. The van der Waals surface area contributed by atoms with Gasteiger partial charge in [-0.05, 0) is 80.4 Å². The highest BCUT2D eigenvalue weighted by atomic mass is 16.5. The molecular weight excluding hydrogens is 414 g/mol. The molecule has 1 saturated heterocycles. The standard InChI is InChI=1S/C26H26N5O2/c1-31-11-8-18(9-12-31)17-3-5-21(6-4-17)29-25-24-19(7-10-28-26(24)32)14-23(30-25)20-13-22(33-2)16-27-15-20/h3-7,10,13-16,18H,8-9,11-12H2,1-2H3,(H,29,30). The Hall–Kier alpha value is -3.71. The quantitative estimate of drug-likeness (QED) is 0.632. The number of rotatable bonds is 5. The van der Waals surface area contributed by atoms with Gasteiger partial charge in [-0.1, -0.05) is 12.1 Å². The minimum atomic E-state index is -0.305. The van der Waals surface area contributed by atoms with Gasteiger partial charge in [-0.25, -0.2) is 10.3 Å². The van der Waals surface area contributed by atoms with E-state index in [2.05, 4.69) is 51.8 Å². The van der Waals surface area contributed by atoms with Gasteiger partial charge in [-0.15, -0.1) is 0 Å². The molecule has 2 aliphatic heterocycles. The number of nitrogens with one attached hydrogen (secondary N) is 1. The molecule has 0 saturated carbocycles. The molecule has 1 fully saturated rings. The molecule has 2 aliphatic rings. The minimum absolute atomic E-state index is 0.305. The van der Waals surface area contributed by atoms with Gasteiger partial charge in [-0.2, -0.15) is 0 Å². The third kappa shape index (κ3) is 4.45. The molecule has 0 aliphatic carbocycles. The normalized spacial score (nSPS) is 16.2. The second kappa shape index (κ2) is 9.03. The van der Waals surface area contributed by atoms with E-state index in [4.69, 9.17) is 9.72 Å². The van der Waals surface area contributed by atoms with Crippen molar-refractivity contribution in [2.24, 2.45) is 0 Å². The molecule has 33 heavy (non-hydrogen) atoms. The van der Waals surface area contributed by atoms with Crippen LogP contribution >= 0.6 is 0 Å². The van der Waals surface area contributed by atoms with Crippen molar-refractivity contribution >= 4 is 23.5 Å². The van der Waals surface area contributed by atoms with Gasteiger partial charge in [0.25, 0.3) is 5.91 Å². The SMILES string of the molecule is COc1cncc(-c2cc3c(c(Nc4ccc(C5CCN(C)CC5)cc4)n2)C(=O)[N]C=C3)c1. The summed E-state index contributed by atoms with van der Waals surface area (Å²) in [6, 6.07) is 12.2. The average Bonchev–Trinajstić information content (AvgIpc) is 2.85. The van der Waals surface area contributed by atoms with E-state index in [1.165, 1.54) is 24.6 Å². The number of carbonyl (C=O) groups excluding carboxylic acids is 1. The highest BCUT2D eigenvalue weighted by molar-refractivity contribution is 6.05. The van der Waals surface area contributed by atoms with Crippen LogP contribution in [0.3, 0.4) is 0 Å². The predicted octanol–water partition coefficient (Wildman–Crippen LogP) is 4.43. The first kappa shape index (κ1) is 21.2. The Labute approximate surface area is 193 Å². The van der Waals surface area contributed by atoms with Crippen molar-refractivity contribution in [3.63, 3.8) is 0 Å². The van der Waals surface area contributed by atoms with E-state index in [1.807, 2.05) is 18.2 Å². The fourth-order valence-electron chi connectivity index (χ4n) is 4.40. The monoisotopic (exact) mass is 440 g/mol. The van der Waals surface area contributed by atoms with Gasteiger partial charge < -0.3 is 15.0 Å². The second-order valence-corrected chi connectivity index (χ2v) is 8.51. The summed E-state index contributed by atoms with van der Waals surface area (Å²) in [5.41, 5.74) is 4.98. The summed E-state index contributed by atoms with van der Waals surface area (Å²) in [7, 11) is 3.78.